The molecule has 1 atom stereocenters. The van der Waals surface area contributed by atoms with Gasteiger partial charge in [0, 0.05) is 11.1 Å². The van der Waals surface area contributed by atoms with Crippen LogP contribution < -0.4 is 10.0 Å². The van der Waals surface area contributed by atoms with Crippen molar-refractivity contribution in [1.82, 2.24) is 9.71 Å². The van der Waals surface area contributed by atoms with Crippen molar-refractivity contribution in [3.8, 4) is 0 Å². The maximum Gasteiger partial charge on any atom is 0.240 e. The zero-order chi connectivity index (χ0) is 25.0. The number of sulfonamides is 1. The Kier molecular flexibility index (Phi) is 7.59. The van der Waals surface area contributed by atoms with Crippen LogP contribution in [0.15, 0.2) is 81.3 Å². The number of nitrogens with zero attached hydrogens (tertiary/aromatic N) is 1. The van der Waals surface area contributed by atoms with Crippen LogP contribution in [-0.4, -0.2) is 24.6 Å². The molecule has 0 aliphatic heterocycles. The van der Waals surface area contributed by atoms with Gasteiger partial charge in [0.15, 0.2) is 0 Å². The fourth-order valence-corrected chi connectivity index (χ4v) is 5.67. The van der Waals surface area contributed by atoms with Crippen LogP contribution in [0.4, 0.5) is 5.69 Å². The number of para-hydroxylation sites is 1. The van der Waals surface area contributed by atoms with Crippen molar-refractivity contribution in [3.63, 3.8) is 0 Å². The Bertz CT molecular complexity index is 1430. The number of aromatic nitrogens is 1. The maximum absolute atomic E-state index is 13.0. The third-order valence-corrected chi connectivity index (χ3v) is 8.30. The molecule has 2 aromatic carbocycles. The Morgan fingerprint density at radius 3 is 2.51 bits per heavy atom. The smallest absolute Gasteiger partial charge is 0.240 e. The molecule has 2 aromatic heterocycles. The highest BCUT2D eigenvalue weighted by atomic mass is 32.2. The summed E-state index contributed by atoms with van der Waals surface area (Å²) in [7, 11) is -3.70. The average molecular weight is 510 g/mol. The number of furan rings is 1. The van der Waals surface area contributed by atoms with Gasteiger partial charge in [-0.3, -0.25) is 4.79 Å². The van der Waals surface area contributed by atoms with Crippen LogP contribution >= 0.6 is 11.8 Å². The SMILES string of the molecule is CCC(Sc1cc(C)c2cccc(C)c2n1)C(=O)Nc1ccc(S(=O)(=O)NCc2ccco2)cc1. The van der Waals surface area contributed by atoms with Gasteiger partial charge in [0.25, 0.3) is 0 Å². The lowest BCUT2D eigenvalue weighted by atomic mass is 10.1. The summed E-state index contributed by atoms with van der Waals surface area (Å²) in [6, 6.07) is 17.6. The third kappa shape index (κ3) is 5.93. The first-order valence-electron chi connectivity index (χ1n) is 11.2. The molecule has 1 amide bonds. The molecule has 35 heavy (non-hydrogen) atoms. The van der Waals surface area contributed by atoms with Gasteiger partial charge in [-0.1, -0.05) is 36.9 Å². The second-order valence-corrected chi connectivity index (χ2v) is 11.2. The quantitative estimate of drug-likeness (QED) is 0.292. The van der Waals surface area contributed by atoms with E-state index in [0.29, 0.717) is 17.9 Å². The predicted octanol–water partition coefficient (Wildman–Crippen LogP) is 5.43. The summed E-state index contributed by atoms with van der Waals surface area (Å²) in [6.07, 6.45) is 2.10. The Morgan fingerprint density at radius 2 is 1.83 bits per heavy atom. The minimum atomic E-state index is -3.70. The van der Waals surface area contributed by atoms with E-state index >= 15 is 0 Å². The molecule has 182 valence electrons. The third-order valence-electron chi connectivity index (χ3n) is 5.60. The van der Waals surface area contributed by atoms with E-state index in [0.717, 1.165) is 27.1 Å². The molecule has 2 N–H and O–H groups in total. The first-order valence-corrected chi connectivity index (χ1v) is 13.6. The van der Waals surface area contributed by atoms with Gasteiger partial charge in [-0.05, 0) is 73.9 Å². The van der Waals surface area contributed by atoms with Crippen molar-refractivity contribution >= 4 is 44.3 Å². The number of rotatable bonds is 9. The second kappa shape index (κ2) is 10.6. The number of aryl methyl sites for hydroxylation is 2. The van der Waals surface area contributed by atoms with Gasteiger partial charge in [0.05, 0.1) is 33.5 Å². The highest BCUT2D eigenvalue weighted by Crippen LogP contribution is 2.30. The number of benzene rings is 2. The van der Waals surface area contributed by atoms with Crippen LogP contribution in [0, 0.1) is 13.8 Å². The molecule has 0 saturated carbocycles. The Morgan fingerprint density at radius 1 is 1.06 bits per heavy atom. The number of amides is 1. The number of pyridine rings is 1. The predicted molar refractivity (Wildman–Crippen MR) is 139 cm³/mol. The molecule has 0 aliphatic carbocycles. The highest BCUT2D eigenvalue weighted by Gasteiger charge is 2.20. The van der Waals surface area contributed by atoms with E-state index in [1.165, 1.54) is 30.2 Å². The lowest BCUT2D eigenvalue weighted by Crippen LogP contribution is -2.25. The van der Waals surface area contributed by atoms with E-state index in [1.54, 1.807) is 24.3 Å². The van der Waals surface area contributed by atoms with Crippen LogP contribution in [0.25, 0.3) is 10.9 Å². The van der Waals surface area contributed by atoms with Crippen molar-refractivity contribution in [2.45, 2.75) is 48.9 Å². The number of anilines is 1. The fourth-order valence-electron chi connectivity index (χ4n) is 3.66. The first-order chi connectivity index (χ1) is 16.8. The van der Waals surface area contributed by atoms with Gasteiger partial charge in [-0.25, -0.2) is 18.1 Å². The molecule has 0 saturated heterocycles. The number of hydrogen-bond acceptors (Lipinski definition) is 6. The number of thioether (sulfide) groups is 1. The first kappa shape index (κ1) is 25.0. The van der Waals surface area contributed by atoms with Crippen molar-refractivity contribution in [1.29, 1.82) is 0 Å². The molecular formula is C26H27N3O4S2. The Balaban J connectivity index is 1.43. The average Bonchev–Trinajstić information content (AvgIpc) is 3.36. The van der Waals surface area contributed by atoms with E-state index in [-0.39, 0.29) is 22.6 Å². The van der Waals surface area contributed by atoms with E-state index in [2.05, 4.69) is 16.1 Å². The molecule has 0 fully saturated rings. The van der Waals surface area contributed by atoms with Gasteiger partial charge in [0.1, 0.15) is 5.76 Å². The lowest BCUT2D eigenvalue weighted by molar-refractivity contribution is -0.115. The topological polar surface area (TPSA) is 101 Å². The van der Waals surface area contributed by atoms with Crippen molar-refractivity contribution < 1.29 is 17.6 Å². The van der Waals surface area contributed by atoms with Crippen molar-refractivity contribution in [2.75, 3.05) is 5.32 Å². The molecule has 0 spiro atoms. The molecule has 4 aromatic rings. The van der Waals surface area contributed by atoms with Crippen LogP contribution in [-0.2, 0) is 21.4 Å². The van der Waals surface area contributed by atoms with Crippen molar-refractivity contribution in [2.24, 2.45) is 0 Å². The Labute approximate surface area is 209 Å². The monoisotopic (exact) mass is 509 g/mol. The summed E-state index contributed by atoms with van der Waals surface area (Å²) in [5.74, 6) is 0.361. The summed E-state index contributed by atoms with van der Waals surface area (Å²) in [6.45, 7) is 6.10. The number of carbonyl (C=O) groups excluding carboxylic acids is 1. The van der Waals surface area contributed by atoms with E-state index < -0.39 is 10.0 Å². The van der Waals surface area contributed by atoms with Gasteiger partial charge < -0.3 is 9.73 Å². The maximum atomic E-state index is 13.0. The molecule has 7 nitrogen and oxygen atoms in total. The highest BCUT2D eigenvalue weighted by molar-refractivity contribution is 8.00. The molecule has 0 aliphatic rings. The second-order valence-electron chi connectivity index (χ2n) is 8.18. The molecule has 4 rings (SSSR count). The van der Waals surface area contributed by atoms with Gasteiger partial charge in [-0.15, -0.1) is 0 Å². The zero-order valence-corrected chi connectivity index (χ0v) is 21.4. The van der Waals surface area contributed by atoms with Crippen LogP contribution in [0.5, 0.6) is 0 Å². The standard InChI is InChI=1S/C26H27N3O4S2/c1-4-23(34-24-15-18(3)22-9-5-7-17(2)25(22)29-24)26(30)28-19-10-12-21(13-11-19)35(31,32)27-16-20-8-6-14-33-20/h5-15,23,27H,4,16H2,1-3H3,(H,28,30). The number of nitrogens with one attached hydrogen (secondary N) is 2. The summed E-state index contributed by atoms with van der Waals surface area (Å²) >= 11 is 1.43. The Hall–Kier alpha value is -3.14. The molecule has 2 heterocycles. The summed E-state index contributed by atoms with van der Waals surface area (Å²) in [4.78, 5) is 17.9. The number of carbonyl (C=O) groups is 1. The largest absolute Gasteiger partial charge is 0.468 e. The van der Waals surface area contributed by atoms with Gasteiger partial charge in [-0.2, -0.15) is 0 Å². The summed E-state index contributed by atoms with van der Waals surface area (Å²) < 4.78 is 32.7. The molecule has 0 bridgehead atoms. The number of hydrogen-bond donors (Lipinski definition) is 2. The summed E-state index contributed by atoms with van der Waals surface area (Å²) in [5.41, 5.74) is 3.69. The summed E-state index contributed by atoms with van der Waals surface area (Å²) in [5, 5.41) is 4.46. The van der Waals surface area contributed by atoms with E-state index in [1.807, 2.05) is 39.0 Å². The minimum Gasteiger partial charge on any atom is -0.468 e. The molecule has 9 heteroatoms. The molecule has 0 radical (unpaired) electrons. The minimum absolute atomic E-state index is 0.0605. The van der Waals surface area contributed by atoms with Crippen LogP contribution in [0.2, 0.25) is 0 Å². The van der Waals surface area contributed by atoms with Crippen molar-refractivity contribution in [3.05, 3.63) is 83.8 Å². The zero-order valence-electron chi connectivity index (χ0n) is 19.7. The van der Waals surface area contributed by atoms with Gasteiger partial charge in [0.2, 0.25) is 15.9 Å². The molecule has 1 unspecified atom stereocenters. The van der Waals surface area contributed by atoms with E-state index in [9.17, 15) is 13.2 Å². The van der Waals surface area contributed by atoms with Crippen LogP contribution in [0.1, 0.15) is 30.2 Å². The fraction of sp³-hybridized carbons (Fsp3) is 0.231. The lowest BCUT2D eigenvalue weighted by Gasteiger charge is -2.16. The molecular weight excluding hydrogens is 482 g/mol. The van der Waals surface area contributed by atoms with E-state index in [4.69, 9.17) is 9.40 Å². The number of fused-ring (bicyclic) bond motifs is 1. The van der Waals surface area contributed by atoms with Gasteiger partial charge >= 0.3 is 0 Å². The normalized spacial score (nSPS) is 12.5. The van der Waals surface area contributed by atoms with Crippen LogP contribution in [0.3, 0.4) is 0 Å².